The number of hydrogen-bond donors (Lipinski definition) is 1. The molecule has 2 heterocycles. The third-order valence-corrected chi connectivity index (χ3v) is 2.53. The molecule has 1 aliphatic rings. The van der Waals surface area contributed by atoms with Gasteiger partial charge in [-0.25, -0.2) is 4.98 Å². The van der Waals surface area contributed by atoms with E-state index in [-0.39, 0.29) is 0 Å². The summed E-state index contributed by atoms with van der Waals surface area (Å²) in [6, 6.07) is 2.21. The Morgan fingerprint density at radius 2 is 2.47 bits per heavy atom. The fourth-order valence-corrected chi connectivity index (χ4v) is 1.73. The summed E-state index contributed by atoms with van der Waals surface area (Å²) >= 11 is 0. The Labute approximate surface area is 90.0 Å². The van der Waals surface area contributed by atoms with Gasteiger partial charge in [-0.3, -0.25) is 4.99 Å². The van der Waals surface area contributed by atoms with Crippen LogP contribution in [0.1, 0.15) is 29.4 Å². The summed E-state index contributed by atoms with van der Waals surface area (Å²) in [5.74, 6) is 0. The van der Waals surface area contributed by atoms with Crippen molar-refractivity contribution in [3.8, 4) is 0 Å². The lowest BCUT2D eigenvalue weighted by Gasteiger charge is -2.14. The SMILES string of the molecule is CCc1cc2c(nc1C=NC)CNC=C2. The van der Waals surface area contributed by atoms with Crippen LogP contribution in [0.3, 0.4) is 0 Å². The Hall–Kier alpha value is -1.64. The van der Waals surface area contributed by atoms with E-state index in [0.717, 1.165) is 24.4 Å². The molecule has 0 fully saturated rings. The van der Waals surface area contributed by atoms with Crippen LogP contribution in [0, 0.1) is 0 Å². The van der Waals surface area contributed by atoms with Crippen LogP contribution in [-0.2, 0) is 13.0 Å². The van der Waals surface area contributed by atoms with Crippen molar-refractivity contribution in [2.75, 3.05) is 7.05 Å². The molecule has 3 nitrogen and oxygen atoms in total. The van der Waals surface area contributed by atoms with Crippen molar-refractivity contribution in [1.82, 2.24) is 10.3 Å². The zero-order valence-corrected chi connectivity index (χ0v) is 9.12. The fraction of sp³-hybridized carbons (Fsp3) is 0.333. The minimum absolute atomic E-state index is 0.806. The normalized spacial score (nSPS) is 14.0. The molecular weight excluding hydrogens is 186 g/mol. The van der Waals surface area contributed by atoms with Crippen LogP contribution in [0.2, 0.25) is 0 Å². The van der Waals surface area contributed by atoms with E-state index in [2.05, 4.69) is 34.4 Å². The summed E-state index contributed by atoms with van der Waals surface area (Å²) in [6.07, 6.45) is 6.86. The van der Waals surface area contributed by atoms with Gasteiger partial charge < -0.3 is 5.32 Å². The molecule has 0 radical (unpaired) electrons. The standard InChI is InChI=1S/C12H15N3/c1-3-9-6-10-4-5-14-8-12(10)15-11(9)7-13-2/h4-7,14H,3,8H2,1-2H3. The van der Waals surface area contributed by atoms with Crippen molar-refractivity contribution in [1.29, 1.82) is 0 Å². The van der Waals surface area contributed by atoms with Gasteiger partial charge in [0.15, 0.2) is 0 Å². The lowest BCUT2D eigenvalue weighted by Crippen LogP contribution is -2.14. The monoisotopic (exact) mass is 201 g/mol. The first-order valence-corrected chi connectivity index (χ1v) is 5.20. The molecule has 0 spiro atoms. The molecule has 0 unspecified atom stereocenters. The first-order chi connectivity index (χ1) is 7.35. The second-order valence-electron chi connectivity index (χ2n) is 3.52. The van der Waals surface area contributed by atoms with Gasteiger partial charge in [0.25, 0.3) is 0 Å². The molecule has 2 rings (SSSR count). The van der Waals surface area contributed by atoms with Crippen LogP contribution >= 0.6 is 0 Å². The van der Waals surface area contributed by atoms with Gasteiger partial charge in [0, 0.05) is 13.3 Å². The Balaban J connectivity index is 2.52. The number of aromatic nitrogens is 1. The van der Waals surface area contributed by atoms with Crippen LogP contribution in [0.4, 0.5) is 0 Å². The van der Waals surface area contributed by atoms with Crippen LogP contribution in [0.15, 0.2) is 17.3 Å². The molecule has 0 aliphatic carbocycles. The quantitative estimate of drug-likeness (QED) is 0.740. The van der Waals surface area contributed by atoms with E-state index in [0.29, 0.717) is 0 Å². The van der Waals surface area contributed by atoms with Crippen molar-refractivity contribution in [3.63, 3.8) is 0 Å². The Kier molecular flexibility index (Phi) is 2.81. The Morgan fingerprint density at radius 1 is 1.60 bits per heavy atom. The van der Waals surface area contributed by atoms with Gasteiger partial charge in [0.2, 0.25) is 0 Å². The number of fused-ring (bicyclic) bond motifs is 1. The van der Waals surface area contributed by atoms with Crippen molar-refractivity contribution in [2.24, 2.45) is 4.99 Å². The van der Waals surface area contributed by atoms with E-state index >= 15 is 0 Å². The molecule has 0 saturated heterocycles. The minimum Gasteiger partial charge on any atom is -0.385 e. The predicted molar refractivity (Wildman–Crippen MR) is 63.0 cm³/mol. The average molecular weight is 201 g/mol. The highest BCUT2D eigenvalue weighted by Gasteiger charge is 2.09. The topological polar surface area (TPSA) is 37.3 Å². The highest BCUT2D eigenvalue weighted by molar-refractivity contribution is 5.80. The Bertz CT molecular complexity index is 419. The van der Waals surface area contributed by atoms with E-state index in [1.807, 2.05) is 12.4 Å². The molecule has 15 heavy (non-hydrogen) atoms. The second kappa shape index (κ2) is 4.26. The molecule has 3 heteroatoms. The third kappa shape index (κ3) is 1.91. The van der Waals surface area contributed by atoms with E-state index in [4.69, 9.17) is 0 Å². The molecule has 0 saturated carbocycles. The van der Waals surface area contributed by atoms with E-state index in [1.165, 1.54) is 11.1 Å². The van der Waals surface area contributed by atoms with Gasteiger partial charge in [-0.2, -0.15) is 0 Å². The first kappa shape index (κ1) is 9.90. The molecule has 0 amide bonds. The molecule has 1 aromatic heterocycles. The number of rotatable bonds is 2. The maximum absolute atomic E-state index is 4.61. The molecule has 1 N–H and O–H groups in total. The van der Waals surface area contributed by atoms with Crippen LogP contribution in [-0.4, -0.2) is 18.2 Å². The van der Waals surface area contributed by atoms with Gasteiger partial charge in [-0.05, 0) is 35.9 Å². The summed E-state index contributed by atoms with van der Waals surface area (Å²) in [6.45, 7) is 2.95. The van der Waals surface area contributed by atoms with Gasteiger partial charge in [0.1, 0.15) is 0 Å². The molecule has 0 aromatic carbocycles. The van der Waals surface area contributed by atoms with Crippen LogP contribution in [0.25, 0.3) is 6.08 Å². The second-order valence-corrected chi connectivity index (χ2v) is 3.52. The molecule has 0 atom stereocenters. The summed E-state index contributed by atoms with van der Waals surface area (Å²) in [5, 5.41) is 3.16. The van der Waals surface area contributed by atoms with Gasteiger partial charge >= 0.3 is 0 Å². The number of aliphatic imine (C=N–C) groups is 1. The van der Waals surface area contributed by atoms with Crippen molar-refractivity contribution in [2.45, 2.75) is 19.9 Å². The first-order valence-electron chi connectivity index (χ1n) is 5.20. The molecule has 0 bridgehead atoms. The van der Waals surface area contributed by atoms with Gasteiger partial charge in [0.05, 0.1) is 17.9 Å². The highest BCUT2D eigenvalue weighted by Crippen LogP contribution is 2.17. The number of nitrogens with one attached hydrogen (secondary N) is 1. The summed E-state index contributed by atoms with van der Waals surface area (Å²) in [5.41, 5.74) is 4.57. The van der Waals surface area contributed by atoms with Crippen LogP contribution < -0.4 is 5.32 Å². The van der Waals surface area contributed by atoms with Crippen LogP contribution in [0.5, 0.6) is 0 Å². The zero-order chi connectivity index (χ0) is 10.7. The Morgan fingerprint density at radius 3 is 3.20 bits per heavy atom. The molecule has 1 aromatic rings. The average Bonchev–Trinajstić information content (AvgIpc) is 2.28. The largest absolute Gasteiger partial charge is 0.385 e. The van der Waals surface area contributed by atoms with E-state index in [1.54, 1.807) is 7.05 Å². The zero-order valence-electron chi connectivity index (χ0n) is 9.12. The predicted octanol–water partition coefficient (Wildman–Crippen LogP) is 1.77. The lowest BCUT2D eigenvalue weighted by molar-refractivity contribution is 0.818. The van der Waals surface area contributed by atoms with Gasteiger partial charge in [-0.1, -0.05) is 6.92 Å². The summed E-state index contributed by atoms with van der Waals surface area (Å²) in [4.78, 5) is 8.65. The summed E-state index contributed by atoms with van der Waals surface area (Å²) in [7, 11) is 1.78. The molecule has 78 valence electrons. The summed E-state index contributed by atoms with van der Waals surface area (Å²) < 4.78 is 0. The number of hydrogen-bond acceptors (Lipinski definition) is 3. The smallest absolute Gasteiger partial charge is 0.0844 e. The third-order valence-electron chi connectivity index (χ3n) is 2.53. The maximum Gasteiger partial charge on any atom is 0.0844 e. The fourth-order valence-electron chi connectivity index (χ4n) is 1.73. The maximum atomic E-state index is 4.61. The number of pyridine rings is 1. The minimum atomic E-state index is 0.806. The molecule has 1 aliphatic heterocycles. The number of nitrogens with zero attached hydrogens (tertiary/aromatic N) is 2. The number of aryl methyl sites for hydroxylation is 1. The van der Waals surface area contributed by atoms with E-state index < -0.39 is 0 Å². The van der Waals surface area contributed by atoms with E-state index in [9.17, 15) is 0 Å². The van der Waals surface area contributed by atoms with Crippen molar-refractivity contribution >= 4 is 12.3 Å². The molecular formula is C12H15N3. The van der Waals surface area contributed by atoms with Crippen molar-refractivity contribution < 1.29 is 0 Å². The highest BCUT2D eigenvalue weighted by atomic mass is 14.9. The lowest BCUT2D eigenvalue weighted by atomic mass is 10.0. The van der Waals surface area contributed by atoms with Crippen molar-refractivity contribution in [3.05, 3.63) is 34.8 Å². The van der Waals surface area contributed by atoms with Gasteiger partial charge in [-0.15, -0.1) is 0 Å².